The van der Waals surface area contributed by atoms with E-state index in [2.05, 4.69) is 0 Å². The molecule has 0 bridgehead atoms. The monoisotopic (exact) mass is 215 g/mol. The molecule has 0 atom stereocenters. The molecular formula is C10H10KNO2. The number of nitrogens with zero attached hydrogens (tertiary/aromatic N) is 1. The Hall–Kier alpha value is -0.00364. The van der Waals surface area contributed by atoms with Crippen LogP contribution in [0.3, 0.4) is 0 Å². The number of fused-ring (bicyclic) bond motifs is 1. The van der Waals surface area contributed by atoms with Crippen LogP contribution in [0.15, 0.2) is 24.3 Å². The van der Waals surface area contributed by atoms with Crippen LogP contribution in [-0.4, -0.2) is 23.3 Å². The predicted octanol–water partition coefficient (Wildman–Crippen LogP) is -1.58. The average molecular weight is 215 g/mol. The molecule has 3 nitrogen and oxygen atoms in total. The third-order valence-corrected chi connectivity index (χ3v) is 2.19. The summed E-state index contributed by atoms with van der Waals surface area (Å²) in [7, 11) is 0. The van der Waals surface area contributed by atoms with E-state index in [9.17, 15) is 9.59 Å². The van der Waals surface area contributed by atoms with Crippen molar-refractivity contribution in [1.82, 2.24) is 4.90 Å². The number of carbonyl (C=O) groups is 2. The summed E-state index contributed by atoms with van der Waals surface area (Å²) in [6.07, 6.45) is 0. The van der Waals surface area contributed by atoms with Gasteiger partial charge in [0.2, 0.25) is 0 Å². The largest absolute Gasteiger partial charge is 1.00 e. The molecule has 2 amide bonds. The Kier molecular flexibility index (Phi) is 4.03. The number of benzene rings is 1. The van der Waals surface area contributed by atoms with Gasteiger partial charge in [0.25, 0.3) is 11.8 Å². The van der Waals surface area contributed by atoms with Crippen molar-refractivity contribution in [3.8, 4) is 0 Å². The summed E-state index contributed by atoms with van der Waals surface area (Å²) >= 11 is 0. The summed E-state index contributed by atoms with van der Waals surface area (Å²) in [5, 5.41) is 0. The van der Waals surface area contributed by atoms with Crippen molar-refractivity contribution >= 4 is 11.8 Å². The van der Waals surface area contributed by atoms with E-state index in [0.717, 1.165) is 0 Å². The second-order valence-corrected chi connectivity index (χ2v) is 2.90. The molecule has 0 saturated carbocycles. The fourth-order valence-electron chi connectivity index (χ4n) is 1.53. The van der Waals surface area contributed by atoms with E-state index in [4.69, 9.17) is 0 Å². The molecule has 4 heteroatoms. The average Bonchev–Trinajstić information content (AvgIpc) is 2.41. The van der Waals surface area contributed by atoms with Crippen LogP contribution in [0.4, 0.5) is 0 Å². The molecule has 0 spiro atoms. The quantitative estimate of drug-likeness (QED) is 0.419. The van der Waals surface area contributed by atoms with Gasteiger partial charge in [0.15, 0.2) is 0 Å². The summed E-state index contributed by atoms with van der Waals surface area (Å²) in [4.78, 5) is 24.3. The molecule has 0 unspecified atom stereocenters. The van der Waals surface area contributed by atoms with Crippen molar-refractivity contribution in [3.63, 3.8) is 0 Å². The fourth-order valence-corrected chi connectivity index (χ4v) is 1.53. The Morgan fingerprint density at radius 3 is 1.93 bits per heavy atom. The second-order valence-electron chi connectivity index (χ2n) is 2.90. The van der Waals surface area contributed by atoms with Crippen LogP contribution in [0.2, 0.25) is 0 Å². The van der Waals surface area contributed by atoms with E-state index in [0.29, 0.717) is 17.7 Å². The number of carbonyl (C=O) groups excluding carboxylic acids is 2. The Morgan fingerprint density at radius 1 is 1.14 bits per heavy atom. The van der Waals surface area contributed by atoms with Gasteiger partial charge in [-0.2, -0.15) is 0 Å². The smallest absolute Gasteiger partial charge is 1.00 e. The summed E-state index contributed by atoms with van der Waals surface area (Å²) in [6, 6.07) is 6.91. The molecule has 1 aromatic carbocycles. The number of hydrogen-bond donors (Lipinski definition) is 0. The summed E-state index contributed by atoms with van der Waals surface area (Å²) < 4.78 is 0. The third kappa shape index (κ3) is 1.73. The number of rotatable bonds is 1. The van der Waals surface area contributed by atoms with Crippen LogP contribution < -0.4 is 51.4 Å². The number of amides is 2. The molecule has 0 fully saturated rings. The van der Waals surface area contributed by atoms with Gasteiger partial charge in [0.05, 0.1) is 11.1 Å². The molecule has 68 valence electrons. The van der Waals surface area contributed by atoms with Crippen LogP contribution in [0.1, 0.15) is 29.1 Å². The van der Waals surface area contributed by atoms with Gasteiger partial charge in [-0.1, -0.05) is 12.1 Å². The van der Waals surface area contributed by atoms with Crippen LogP contribution in [0.25, 0.3) is 0 Å². The maximum Gasteiger partial charge on any atom is 1.00 e. The first-order chi connectivity index (χ1) is 6.25. The first-order valence-corrected chi connectivity index (χ1v) is 4.21. The van der Waals surface area contributed by atoms with E-state index in [1.807, 2.05) is 0 Å². The molecule has 0 radical (unpaired) electrons. The molecule has 0 aromatic heterocycles. The maximum atomic E-state index is 11.5. The Morgan fingerprint density at radius 2 is 1.57 bits per heavy atom. The Bertz CT molecular complexity index is 360. The van der Waals surface area contributed by atoms with Crippen LogP contribution in [-0.2, 0) is 0 Å². The van der Waals surface area contributed by atoms with E-state index in [1.54, 1.807) is 31.2 Å². The van der Waals surface area contributed by atoms with Gasteiger partial charge in [-0.25, -0.2) is 0 Å². The van der Waals surface area contributed by atoms with Gasteiger partial charge in [-0.05, 0) is 19.1 Å². The molecule has 0 aliphatic carbocycles. The Labute approximate surface area is 126 Å². The third-order valence-electron chi connectivity index (χ3n) is 2.19. The minimum atomic E-state index is -0.178. The maximum absolute atomic E-state index is 11.5. The van der Waals surface area contributed by atoms with Crippen LogP contribution in [0.5, 0.6) is 0 Å². The van der Waals surface area contributed by atoms with Crippen LogP contribution in [0, 0.1) is 0 Å². The molecule has 1 aliphatic rings. The van der Waals surface area contributed by atoms with Crippen molar-refractivity contribution < 1.29 is 62.4 Å². The molecular weight excluding hydrogens is 205 g/mol. The fraction of sp³-hybridized carbons (Fsp3) is 0.200. The van der Waals surface area contributed by atoms with Crippen molar-refractivity contribution in [3.05, 3.63) is 35.4 Å². The molecule has 14 heavy (non-hydrogen) atoms. The molecule has 1 aromatic rings. The zero-order chi connectivity index (χ0) is 9.42. The van der Waals surface area contributed by atoms with Crippen molar-refractivity contribution in [2.24, 2.45) is 0 Å². The minimum absolute atomic E-state index is 0. The van der Waals surface area contributed by atoms with E-state index in [1.165, 1.54) is 4.90 Å². The van der Waals surface area contributed by atoms with Crippen molar-refractivity contribution in [2.75, 3.05) is 6.54 Å². The minimum Gasteiger partial charge on any atom is -1.00 e. The first kappa shape index (κ1) is 12.1. The van der Waals surface area contributed by atoms with Gasteiger partial charge in [0, 0.05) is 6.54 Å². The standard InChI is InChI=1S/C10H9NO2.K.H/c1-2-11-9(12)7-5-3-4-6-8(7)10(11)13;;/h3-6H,2H2,1H3;;/q;+1;-1. The molecule has 2 rings (SSSR count). The van der Waals surface area contributed by atoms with E-state index < -0.39 is 0 Å². The summed E-state index contributed by atoms with van der Waals surface area (Å²) in [5.74, 6) is -0.355. The zero-order valence-corrected chi connectivity index (χ0v) is 11.4. The number of imide groups is 1. The molecule has 1 aliphatic heterocycles. The van der Waals surface area contributed by atoms with Crippen molar-refractivity contribution in [2.45, 2.75) is 6.92 Å². The molecule has 0 N–H and O–H groups in total. The van der Waals surface area contributed by atoms with Gasteiger partial charge in [-0.15, -0.1) is 0 Å². The topological polar surface area (TPSA) is 37.4 Å². The van der Waals surface area contributed by atoms with E-state index in [-0.39, 0.29) is 64.6 Å². The van der Waals surface area contributed by atoms with Crippen molar-refractivity contribution in [1.29, 1.82) is 0 Å². The zero-order valence-electron chi connectivity index (χ0n) is 9.28. The van der Waals surface area contributed by atoms with Gasteiger partial charge >= 0.3 is 51.4 Å². The van der Waals surface area contributed by atoms with E-state index >= 15 is 0 Å². The SMILES string of the molecule is CCN1C(=O)c2ccccc2C1=O.[H-].[K+]. The van der Waals surface area contributed by atoms with Gasteiger partial charge in [0.1, 0.15) is 0 Å². The predicted molar refractivity (Wildman–Crippen MR) is 48.6 cm³/mol. The first-order valence-electron chi connectivity index (χ1n) is 4.21. The summed E-state index contributed by atoms with van der Waals surface area (Å²) in [6.45, 7) is 2.23. The Balaban J connectivity index is 0.000000980. The van der Waals surface area contributed by atoms with Crippen LogP contribution >= 0.6 is 0 Å². The van der Waals surface area contributed by atoms with Gasteiger partial charge < -0.3 is 1.43 Å². The normalized spacial score (nSPS) is 13.9. The second kappa shape index (κ2) is 4.68. The summed E-state index contributed by atoms with van der Waals surface area (Å²) in [5.41, 5.74) is 1.05. The molecule has 0 saturated heterocycles. The number of hydrogen-bond acceptors (Lipinski definition) is 2. The van der Waals surface area contributed by atoms with Gasteiger partial charge in [-0.3, -0.25) is 14.5 Å². The molecule has 1 heterocycles.